The Morgan fingerprint density at radius 1 is 1.39 bits per heavy atom. The van der Waals surface area contributed by atoms with E-state index in [0.717, 1.165) is 39.0 Å². The zero-order valence-corrected chi connectivity index (χ0v) is 11.3. The Balaban J connectivity index is 1.60. The zero-order chi connectivity index (χ0) is 12.6. The molecule has 1 atom stereocenters. The normalized spacial score (nSPS) is 31.7. The molecule has 0 aromatic rings. The molecule has 1 saturated carbocycles. The first-order chi connectivity index (χ1) is 8.70. The molecular formula is C14H24N2O2. The Morgan fingerprint density at radius 2 is 2.11 bits per heavy atom. The fraction of sp³-hybridized carbons (Fsp3) is 0.929. The third-order valence-electron chi connectivity index (χ3n) is 4.99. The highest BCUT2D eigenvalue weighted by Gasteiger charge is 2.48. The lowest BCUT2D eigenvalue weighted by Crippen LogP contribution is -2.45. The van der Waals surface area contributed by atoms with Gasteiger partial charge in [0.2, 0.25) is 0 Å². The van der Waals surface area contributed by atoms with Crippen LogP contribution >= 0.6 is 0 Å². The summed E-state index contributed by atoms with van der Waals surface area (Å²) in [7, 11) is 2.16. The van der Waals surface area contributed by atoms with Crippen LogP contribution in [0.4, 0.5) is 0 Å². The van der Waals surface area contributed by atoms with Gasteiger partial charge < -0.3 is 15.0 Å². The number of nitrogens with one attached hydrogen (secondary N) is 1. The molecular weight excluding hydrogens is 228 g/mol. The Bertz CT molecular complexity index is 320. The van der Waals surface area contributed by atoms with E-state index in [1.807, 2.05) is 0 Å². The minimum atomic E-state index is 0.0523. The van der Waals surface area contributed by atoms with Crippen LogP contribution in [0.5, 0.6) is 0 Å². The first-order valence-electron chi connectivity index (χ1n) is 7.25. The average Bonchev–Trinajstić information content (AvgIpc) is 3.11. The summed E-state index contributed by atoms with van der Waals surface area (Å²) < 4.78 is 5.51. The maximum atomic E-state index is 12.3. The quantitative estimate of drug-likeness (QED) is 0.757. The fourth-order valence-electron chi connectivity index (χ4n) is 3.31. The van der Waals surface area contributed by atoms with Crippen LogP contribution in [0.2, 0.25) is 0 Å². The summed E-state index contributed by atoms with van der Waals surface area (Å²) in [5.41, 5.74) is 0.174. The highest BCUT2D eigenvalue weighted by molar-refractivity contribution is 5.74. The maximum absolute atomic E-state index is 12.3. The predicted octanol–water partition coefficient (Wildman–Crippen LogP) is 0.871. The third kappa shape index (κ3) is 2.41. The minimum Gasteiger partial charge on any atom is -0.465 e. The SMILES string of the molecule is CN1CCC2(CC1)CNCC2C(=O)OCC1CC1. The van der Waals surface area contributed by atoms with Crippen molar-refractivity contribution in [1.29, 1.82) is 0 Å². The van der Waals surface area contributed by atoms with Crippen molar-refractivity contribution in [3.05, 3.63) is 0 Å². The van der Waals surface area contributed by atoms with Gasteiger partial charge in [-0.1, -0.05) is 0 Å². The number of hydrogen-bond acceptors (Lipinski definition) is 4. The van der Waals surface area contributed by atoms with Gasteiger partial charge in [-0.15, -0.1) is 0 Å². The van der Waals surface area contributed by atoms with Crippen molar-refractivity contribution in [3.63, 3.8) is 0 Å². The lowest BCUT2D eigenvalue weighted by molar-refractivity contribution is -0.153. The lowest BCUT2D eigenvalue weighted by atomic mass is 9.71. The first kappa shape index (κ1) is 12.4. The van der Waals surface area contributed by atoms with E-state index in [-0.39, 0.29) is 17.3 Å². The van der Waals surface area contributed by atoms with Crippen LogP contribution in [0.25, 0.3) is 0 Å². The molecule has 1 N–H and O–H groups in total. The summed E-state index contributed by atoms with van der Waals surface area (Å²) in [6.07, 6.45) is 4.73. The molecule has 0 amide bonds. The second-order valence-corrected chi connectivity index (χ2v) is 6.42. The maximum Gasteiger partial charge on any atom is 0.310 e. The number of piperidine rings is 1. The molecule has 1 unspecified atom stereocenters. The van der Waals surface area contributed by atoms with Gasteiger partial charge in [-0.3, -0.25) is 4.79 Å². The van der Waals surface area contributed by atoms with Crippen molar-refractivity contribution in [1.82, 2.24) is 10.2 Å². The molecule has 0 bridgehead atoms. The molecule has 18 heavy (non-hydrogen) atoms. The Labute approximate surface area is 109 Å². The number of rotatable bonds is 3. The molecule has 0 aromatic heterocycles. The van der Waals surface area contributed by atoms with Gasteiger partial charge >= 0.3 is 5.97 Å². The van der Waals surface area contributed by atoms with E-state index < -0.39 is 0 Å². The molecule has 2 heterocycles. The smallest absolute Gasteiger partial charge is 0.310 e. The molecule has 4 heteroatoms. The van der Waals surface area contributed by atoms with Crippen molar-refractivity contribution < 1.29 is 9.53 Å². The molecule has 1 aliphatic carbocycles. The summed E-state index contributed by atoms with van der Waals surface area (Å²) in [5.74, 6) is 0.804. The summed E-state index contributed by atoms with van der Waals surface area (Å²) in [6, 6.07) is 0. The minimum absolute atomic E-state index is 0.0523. The topological polar surface area (TPSA) is 41.6 Å². The van der Waals surface area contributed by atoms with Gasteiger partial charge in [-0.2, -0.15) is 0 Å². The molecule has 0 aromatic carbocycles. The van der Waals surface area contributed by atoms with Gasteiger partial charge in [0.15, 0.2) is 0 Å². The fourth-order valence-corrected chi connectivity index (χ4v) is 3.31. The Hall–Kier alpha value is -0.610. The summed E-state index contributed by atoms with van der Waals surface area (Å²) in [4.78, 5) is 14.6. The van der Waals surface area contributed by atoms with E-state index in [4.69, 9.17) is 4.74 Å². The summed E-state index contributed by atoms with van der Waals surface area (Å²) in [5, 5.41) is 3.41. The molecule has 1 spiro atoms. The van der Waals surface area contributed by atoms with Gasteiger partial charge in [-0.05, 0) is 57.2 Å². The highest BCUT2D eigenvalue weighted by Crippen LogP contribution is 2.42. The zero-order valence-electron chi connectivity index (χ0n) is 11.3. The summed E-state index contributed by atoms with van der Waals surface area (Å²) >= 11 is 0. The second-order valence-electron chi connectivity index (χ2n) is 6.42. The van der Waals surface area contributed by atoms with Crippen molar-refractivity contribution in [2.45, 2.75) is 25.7 Å². The van der Waals surface area contributed by atoms with E-state index >= 15 is 0 Å². The molecule has 2 aliphatic heterocycles. The van der Waals surface area contributed by atoms with Crippen molar-refractivity contribution in [3.8, 4) is 0 Å². The van der Waals surface area contributed by atoms with Crippen molar-refractivity contribution in [2.24, 2.45) is 17.3 Å². The van der Waals surface area contributed by atoms with Crippen molar-refractivity contribution >= 4 is 5.97 Å². The largest absolute Gasteiger partial charge is 0.465 e. The number of likely N-dealkylation sites (tertiary alicyclic amines) is 1. The number of carbonyl (C=O) groups is 1. The van der Waals surface area contributed by atoms with Crippen LogP contribution in [0.1, 0.15) is 25.7 Å². The molecule has 4 nitrogen and oxygen atoms in total. The standard InChI is InChI=1S/C14H24N2O2/c1-16-6-4-14(5-7-16)10-15-8-12(14)13(17)18-9-11-2-3-11/h11-12,15H,2-10H2,1H3. The number of carbonyl (C=O) groups excluding carboxylic acids is 1. The Morgan fingerprint density at radius 3 is 2.78 bits per heavy atom. The van der Waals surface area contributed by atoms with Gasteiger partial charge in [-0.25, -0.2) is 0 Å². The second kappa shape index (κ2) is 4.82. The number of nitrogens with zero attached hydrogens (tertiary/aromatic N) is 1. The molecule has 3 fully saturated rings. The van der Waals surface area contributed by atoms with Gasteiger partial charge in [0.25, 0.3) is 0 Å². The van der Waals surface area contributed by atoms with Crippen molar-refractivity contribution in [2.75, 3.05) is 39.8 Å². The van der Waals surface area contributed by atoms with Crippen LogP contribution in [0.15, 0.2) is 0 Å². The summed E-state index contributed by atoms with van der Waals surface area (Å²) in [6.45, 7) is 4.67. The number of ether oxygens (including phenoxy) is 1. The van der Waals surface area contributed by atoms with Gasteiger partial charge in [0.1, 0.15) is 0 Å². The van der Waals surface area contributed by atoms with Crippen LogP contribution in [-0.2, 0) is 9.53 Å². The lowest BCUT2D eigenvalue weighted by Gasteiger charge is -2.40. The molecule has 3 aliphatic rings. The van der Waals surface area contributed by atoms with Gasteiger partial charge in [0.05, 0.1) is 12.5 Å². The van der Waals surface area contributed by atoms with E-state index in [1.165, 1.54) is 12.8 Å². The molecule has 0 radical (unpaired) electrons. The number of esters is 1. The first-order valence-corrected chi connectivity index (χ1v) is 7.25. The Kier molecular flexibility index (Phi) is 3.32. The predicted molar refractivity (Wildman–Crippen MR) is 69.2 cm³/mol. The average molecular weight is 252 g/mol. The molecule has 102 valence electrons. The van der Waals surface area contributed by atoms with E-state index in [1.54, 1.807) is 0 Å². The van der Waals surface area contributed by atoms with E-state index in [2.05, 4.69) is 17.3 Å². The monoisotopic (exact) mass is 252 g/mol. The van der Waals surface area contributed by atoms with Crippen LogP contribution in [-0.4, -0.2) is 50.7 Å². The highest BCUT2D eigenvalue weighted by atomic mass is 16.5. The number of hydrogen-bond donors (Lipinski definition) is 1. The van der Waals surface area contributed by atoms with Crippen LogP contribution < -0.4 is 5.32 Å². The molecule has 3 rings (SSSR count). The van der Waals surface area contributed by atoms with Gasteiger partial charge in [0, 0.05) is 13.1 Å². The van der Waals surface area contributed by atoms with Crippen LogP contribution in [0, 0.1) is 17.3 Å². The van der Waals surface area contributed by atoms with E-state index in [0.29, 0.717) is 12.5 Å². The van der Waals surface area contributed by atoms with Crippen LogP contribution in [0.3, 0.4) is 0 Å². The van der Waals surface area contributed by atoms with E-state index in [9.17, 15) is 4.79 Å². The third-order valence-corrected chi connectivity index (χ3v) is 4.99. The molecule has 2 saturated heterocycles.